The van der Waals surface area contributed by atoms with Gasteiger partial charge in [0.05, 0.1) is 16.9 Å². The Bertz CT molecular complexity index is 1890. The van der Waals surface area contributed by atoms with E-state index in [-0.39, 0.29) is 11.8 Å². The van der Waals surface area contributed by atoms with Gasteiger partial charge in [-0.25, -0.2) is 9.37 Å². The number of fused-ring (bicyclic) bond motifs is 4. The van der Waals surface area contributed by atoms with Crippen LogP contribution in [0.4, 0.5) is 21.8 Å². The Morgan fingerprint density at radius 1 is 1.18 bits per heavy atom. The third kappa shape index (κ3) is 4.56. The number of aromatic nitrogens is 6. The number of hydrogen-bond acceptors (Lipinski definition) is 11. The first kappa shape index (κ1) is 28.2. The second kappa shape index (κ2) is 10.6. The summed E-state index contributed by atoms with van der Waals surface area (Å²) in [5.74, 6) is -0.0108. The molecule has 1 fully saturated rings. The van der Waals surface area contributed by atoms with Crippen molar-refractivity contribution in [2.45, 2.75) is 31.2 Å². The molecule has 0 spiro atoms. The molecule has 2 aliphatic heterocycles. The van der Waals surface area contributed by atoms with Crippen LogP contribution in [0.2, 0.25) is 0 Å². The molecule has 1 aromatic carbocycles. The van der Waals surface area contributed by atoms with E-state index in [9.17, 15) is 4.79 Å². The number of carbonyl (C=O) groups is 1. The van der Waals surface area contributed by atoms with E-state index >= 15 is 4.39 Å². The molecule has 0 aliphatic carbocycles. The maximum absolute atomic E-state index is 15.0. The summed E-state index contributed by atoms with van der Waals surface area (Å²) in [6.07, 6.45) is 2.48. The molecule has 2 unspecified atom stereocenters. The first-order chi connectivity index (χ1) is 21.1. The van der Waals surface area contributed by atoms with Crippen molar-refractivity contribution in [3.8, 4) is 11.5 Å². The van der Waals surface area contributed by atoms with Crippen molar-refractivity contribution in [3.63, 3.8) is 0 Å². The summed E-state index contributed by atoms with van der Waals surface area (Å²) in [6, 6.07) is 7.75. The van der Waals surface area contributed by atoms with E-state index in [0.29, 0.717) is 72.5 Å². The lowest BCUT2D eigenvalue weighted by Crippen LogP contribution is -2.51. The van der Waals surface area contributed by atoms with Crippen molar-refractivity contribution >= 4 is 51.6 Å². The number of benzene rings is 1. The molecule has 0 saturated carbocycles. The van der Waals surface area contributed by atoms with E-state index in [2.05, 4.69) is 30.0 Å². The molecule has 2 aliphatic rings. The Labute approximate surface area is 256 Å². The number of alkyl halides is 1. The molecule has 1 amide bonds. The van der Waals surface area contributed by atoms with Crippen molar-refractivity contribution in [3.05, 3.63) is 53.6 Å². The molecular formula is C29H31ClFN11O2. The smallest absolute Gasteiger partial charge is 0.242 e. The number of anilines is 3. The predicted octanol–water partition coefficient (Wildman–Crippen LogP) is 2.70. The topological polar surface area (TPSA) is 161 Å². The van der Waals surface area contributed by atoms with E-state index in [1.165, 1.54) is 10.6 Å². The Balaban J connectivity index is 1.15. The number of nitrogens with two attached hydrogens (primary N) is 2. The molecule has 4 N–H and O–H groups in total. The summed E-state index contributed by atoms with van der Waals surface area (Å²) in [5, 5.41) is 9.28. The highest BCUT2D eigenvalue weighted by atomic mass is 35.5. The molecule has 5 aromatic rings. The van der Waals surface area contributed by atoms with Crippen LogP contribution in [0, 0.1) is 12.7 Å². The van der Waals surface area contributed by atoms with E-state index in [1.807, 2.05) is 24.0 Å². The number of hydrogen-bond donors (Lipinski definition) is 2. The van der Waals surface area contributed by atoms with E-state index < -0.39 is 16.8 Å². The lowest BCUT2D eigenvalue weighted by Gasteiger charge is -2.31. The van der Waals surface area contributed by atoms with Crippen molar-refractivity contribution in [2.75, 3.05) is 54.8 Å². The first-order valence-corrected chi connectivity index (χ1v) is 14.8. The van der Waals surface area contributed by atoms with Crippen molar-refractivity contribution in [1.82, 2.24) is 34.6 Å². The number of pyridine rings is 1. The van der Waals surface area contributed by atoms with E-state index in [1.54, 1.807) is 25.3 Å². The van der Waals surface area contributed by atoms with Crippen LogP contribution >= 0.6 is 11.6 Å². The molecule has 15 heteroatoms. The Kier molecular flexibility index (Phi) is 6.77. The van der Waals surface area contributed by atoms with Gasteiger partial charge in [0.2, 0.25) is 17.7 Å². The zero-order chi connectivity index (χ0) is 30.7. The van der Waals surface area contributed by atoms with Crippen LogP contribution in [0.15, 0.2) is 41.1 Å². The minimum atomic E-state index is -1.25. The fraction of sp³-hybridized carbons (Fsp3) is 0.379. The molecule has 228 valence electrons. The maximum Gasteiger partial charge on any atom is 0.242 e. The standard InChI is InChI=1S/C29H31ClFN11O2/c1-16-17-14-20(18(31)15-21(17)44-38-16)40-9-5-8-39(10-12-40)11-13-41-23(24(32)43)29(2,30)22-26(41)36-28(33)42-27(22)35-25(37-42)19-6-3-4-7-34-19/h3-4,6-7,14-15,23H,5,8-13H2,1-2H3,(H2,32,43)(H2,33,36). The Morgan fingerprint density at radius 2 is 2.02 bits per heavy atom. The van der Waals surface area contributed by atoms with Gasteiger partial charge in [-0.3, -0.25) is 14.7 Å². The fourth-order valence-corrected chi connectivity index (χ4v) is 6.79. The third-order valence-electron chi connectivity index (χ3n) is 8.55. The number of halogens is 2. The van der Waals surface area contributed by atoms with Crippen LogP contribution in [-0.4, -0.2) is 85.8 Å². The molecule has 1 saturated heterocycles. The summed E-state index contributed by atoms with van der Waals surface area (Å²) >= 11 is 7.15. The zero-order valence-corrected chi connectivity index (χ0v) is 25.0. The number of carbonyl (C=O) groups excluding carboxylic acids is 1. The zero-order valence-electron chi connectivity index (χ0n) is 24.2. The number of primary amides is 1. The normalized spacial score (nSPS) is 20.9. The molecule has 44 heavy (non-hydrogen) atoms. The lowest BCUT2D eigenvalue weighted by atomic mass is 9.97. The predicted molar refractivity (Wildman–Crippen MR) is 164 cm³/mol. The summed E-state index contributed by atoms with van der Waals surface area (Å²) in [5.41, 5.74) is 15.5. The van der Waals surface area contributed by atoms with E-state index in [4.69, 9.17) is 32.6 Å². The van der Waals surface area contributed by atoms with Crippen molar-refractivity contribution < 1.29 is 13.7 Å². The van der Waals surface area contributed by atoms with Gasteiger partial charge in [-0.2, -0.15) is 9.50 Å². The first-order valence-electron chi connectivity index (χ1n) is 14.4. The number of amides is 1. The SMILES string of the molecule is Cc1noc2cc(F)c(N3CCCN(CCN4c5nc(N)n6nc(-c7ccccn7)nc6c5C(C)(Cl)C4C(N)=O)CC3)cc12. The third-order valence-corrected chi connectivity index (χ3v) is 8.94. The minimum absolute atomic E-state index is 0.100. The van der Waals surface area contributed by atoms with Crippen LogP contribution in [0.3, 0.4) is 0 Å². The molecular weight excluding hydrogens is 589 g/mol. The summed E-state index contributed by atoms with van der Waals surface area (Å²) in [4.78, 5) is 31.5. The molecule has 0 radical (unpaired) electrons. The molecule has 13 nitrogen and oxygen atoms in total. The number of nitrogens with zero attached hydrogens (tertiary/aromatic N) is 9. The van der Waals surface area contributed by atoms with E-state index in [0.717, 1.165) is 24.0 Å². The van der Waals surface area contributed by atoms with Gasteiger partial charge in [0.25, 0.3) is 0 Å². The highest BCUT2D eigenvalue weighted by Crippen LogP contribution is 2.49. The van der Waals surface area contributed by atoms with Gasteiger partial charge in [-0.1, -0.05) is 11.2 Å². The van der Waals surface area contributed by atoms with Crippen LogP contribution in [0.5, 0.6) is 0 Å². The molecule has 4 aromatic heterocycles. The van der Waals surface area contributed by atoms with Crippen LogP contribution < -0.4 is 21.3 Å². The van der Waals surface area contributed by atoms with Gasteiger partial charge < -0.3 is 25.8 Å². The summed E-state index contributed by atoms with van der Waals surface area (Å²) < 4.78 is 21.7. The van der Waals surface area contributed by atoms with Crippen LogP contribution in [-0.2, 0) is 9.67 Å². The Hall–Kier alpha value is -4.56. The van der Waals surface area contributed by atoms with Crippen molar-refractivity contribution in [2.24, 2.45) is 5.73 Å². The molecule has 2 atom stereocenters. The van der Waals surface area contributed by atoms with Crippen LogP contribution in [0.25, 0.3) is 28.1 Å². The number of nitrogen functional groups attached to an aromatic ring is 1. The van der Waals surface area contributed by atoms with Gasteiger partial charge in [-0.05, 0) is 45.0 Å². The largest absolute Gasteiger partial charge is 0.368 e. The Morgan fingerprint density at radius 3 is 2.80 bits per heavy atom. The second-order valence-corrected chi connectivity index (χ2v) is 12.2. The fourth-order valence-electron chi connectivity index (χ4n) is 6.40. The van der Waals surface area contributed by atoms with Crippen molar-refractivity contribution in [1.29, 1.82) is 0 Å². The van der Waals surface area contributed by atoms with Gasteiger partial charge in [0, 0.05) is 50.4 Å². The van der Waals surface area contributed by atoms with Crippen LogP contribution in [0.1, 0.15) is 24.6 Å². The number of rotatable bonds is 6. The second-order valence-electron chi connectivity index (χ2n) is 11.4. The molecule has 7 rings (SSSR count). The molecule has 0 bridgehead atoms. The van der Waals surface area contributed by atoms with Gasteiger partial charge >= 0.3 is 0 Å². The van der Waals surface area contributed by atoms with Gasteiger partial charge in [-0.15, -0.1) is 16.7 Å². The quantitative estimate of drug-likeness (QED) is 0.269. The summed E-state index contributed by atoms with van der Waals surface area (Å²) in [7, 11) is 0. The maximum atomic E-state index is 15.0. The van der Waals surface area contributed by atoms with Gasteiger partial charge in [0.15, 0.2) is 11.2 Å². The average Bonchev–Trinajstić information content (AvgIpc) is 3.58. The highest BCUT2D eigenvalue weighted by molar-refractivity contribution is 6.28. The average molecular weight is 620 g/mol. The number of aryl methyl sites for hydroxylation is 1. The highest BCUT2D eigenvalue weighted by Gasteiger charge is 2.53. The minimum Gasteiger partial charge on any atom is -0.368 e. The molecule has 6 heterocycles. The summed E-state index contributed by atoms with van der Waals surface area (Å²) in [6.45, 7) is 7.38. The van der Waals surface area contributed by atoms with Gasteiger partial charge in [0.1, 0.15) is 28.2 Å². The lowest BCUT2D eigenvalue weighted by molar-refractivity contribution is -0.119. The monoisotopic (exact) mass is 619 g/mol.